The summed E-state index contributed by atoms with van der Waals surface area (Å²) in [5, 5.41) is 0. The van der Waals surface area contributed by atoms with E-state index in [4.69, 9.17) is 6.42 Å². The summed E-state index contributed by atoms with van der Waals surface area (Å²) in [6, 6.07) is 0. The quantitative estimate of drug-likeness (QED) is 0.200. The molecule has 1 heteroatoms. The Labute approximate surface area is 70.6 Å². The average molecular weight is 116 g/mol. The van der Waals surface area contributed by atoms with Crippen molar-refractivity contribution in [2.45, 2.75) is 33.1 Å². The fourth-order valence-electron chi connectivity index (χ4n) is 0.599. The smallest absolute Gasteiger partial charge is 0.694 e. The van der Waals surface area contributed by atoms with Crippen LogP contribution in [0.3, 0.4) is 0 Å². The van der Waals surface area contributed by atoms with Gasteiger partial charge in [0.1, 0.15) is 0 Å². The van der Waals surface area contributed by atoms with E-state index in [0.29, 0.717) is 0 Å². The molecule has 0 aliphatic carbocycles. The van der Waals surface area contributed by atoms with Gasteiger partial charge in [-0.05, 0) is 18.8 Å². The molecule has 0 aliphatic heterocycles. The Morgan fingerprint density at radius 1 is 1.44 bits per heavy atom. The van der Waals surface area contributed by atoms with Crippen molar-refractivity contribution in [1.82, 2.24) is 0 Å². The number of hydrogen-bond donors (Lipinski definition) is 0. The van der Waals surface area contributed by atoms with Crippen molar-refractivity contribution in [3.63, 3.8) is 0 Å². The van der Waals surface area contributed by atoms with Gasteiger partial charge in [0.05, 0.1) is 0 Å². The number of unbranched alkanes of at least 4 members (excludes halogenated alkanes) is 1. The van der Waals surface area contributed by atoms with E-state index in [2.05, 4.69) is 19.8 Å². The van der Waals surface area contributed by atoms with Crippen LogP contribution in [0.5, 0.6) is 0 Å². The van der Waals surface area contributed by atoms with Gasteiger partial charge in [-0.15, -0.1) is 0 Å². The minimum absolute atomic E-state index is 0. The van der Waals surface area contributed by atoms with Gasteiger partial charge in [0.25, 0.3) is 0 Å². The van der Waals surface area contributed by atoms with Crippen LogP contribution >= 0.6 is 0 Å². The van der Waals surface area contributed by atoms with Crippen LogP contribution in [0.15, 0.2) is 0 Å². The van der Waals surface area contributed by atoms with Crippen molar-refractivity contribution >= 4 is 0 Å². The third-order valence-corrected chi connectivity index (χ3v) is 1.08. The van der Waals surface area contributed by atoms with Crippen LogP contribution in [-0.2, 0) is 0 Å². The topological polar surface area (TPSA) is 0 Å². The minimum atomic E-state index is 0. The first-order chi connectivity index (χ1) is 3.77. The molecule has 0 bridgehead atoms. The summed E-state index contributed by atoms with van der Waals surface area (Å²) in [6.45, 7) is 4.40. The maximum Gasteiger partial charge on any atom is 1.00 e. The Morgan fingerprint density at radius 3 is 2.33 bits per heavy atom. The third kappa shape index (κ3) is 11.6. The van der Waals surface area contributed by atoms with Crippen LogP contribution in [0, 0.1) is 18.3 Å². The molecule has 0 saturated carbocycles. The Morgan fingerprint density at radius 2 is 2.00 bits per heavy atom. The van der Waals surface area contributed by atoms with Crippen molar-refractivity contribution in [2.75, 3.05) is 0 Å². The molecule has 0 aromatic carbocycles. The van der Waals surface area contributed by atoms with E-state index in [0.717, 1.165) is 18.8 Å². The predicted octanol–water partition coefficient (Wildman–Crippen LogP) is -0.594. The van der Waals surface area contributed by atoms with Gasteiger partial charge < -0.3 is 12.3 Å². The van der Waals surface area contributed by atoms with E-state index >= 15 is 0 Å². The second kappa shape index (κ2) is 8.16. The predicted molar refractivity (Wildman–Crippen MR) is 35.8 cm³/mol. The van der Waals surface area contributed by atoms with E-state index in [1.807, 2.05) is 0 Å². The van der Waals surface area contributed by atoms with E-state index in [1.165, 1.54) is 6.42 Å². The van der Waals surface area contributed by atoms with Gasteiger partial charge in [0, 0.05) is 0 Å². The summed E-state index contributed by atoms with van der Waals surface area (Å²) in [7, 11) is 0. The van der Waals surface area contributed by atoms with Crippen LogP contribution in [0.2, 0.25) is 0 Å². The second-order valence-electron chi connectivity index (χ2n) is 2.46. The zero-order chi connectivity index (χ0) is 6.41. The number of rotatable bonds is 3. The van der Waals surface area contributed by atoms with Gasteiger partial charge in [-0.2, -0.15) is 0 Å². The van der Waals surface area contributed by atoms with Gasteiger partial charge in [-0.1, -0.05) is 20.3 Å². The molecule has 0 fully saturated rings. The molecule has 0 aromatic rings. The van der Waals surface area contributed by atoms with Gasteiger partial charge in [0.2, 0.25) is 0 Å². The third-order valence-electron chi connectivity index (χ3n) is 1.08. The molecule has 0 rings (SSSR count). The standard InChI is InChI=1S/C8H13.Li/c1-4-5-6-7-8(2)3;/h8H,5-7H2,2-3H3;/q-1;+1. The maximum absolute atomic E-state index is 6.60. The van der Waals surface area contributed by atoms with Crippen molar-refractivity contribution in [1.29, 1.82) is 0 Å². The summed E-state index contributed by atoms with van der Waals surface area (Å²) in [5.74, 6) is 3.15. The molecule has 0 spiro atoms. The molecule has 0 aromatic heterocycles. The summed E-state index contributed by atoms with van der Waals surface area (Å²) < 4.78 is 0. The Kier molecular flexibility index (Phi) is 10.8. The molecule has 0 heterocycles. The summed E-state index contributed by atoms with van der Waals surface area (Å²) in [6.07, 6.45) is 9.78. The van der Waals surface area contributed by atoms with Crippen LogP contribution in [0.25, 0.3) is 0 Å². The normalized spacial score (nSPS) is 8.22. The maximum atomic E-state index is 6.60. The molecule has 0 unspecified atom stereocenters. The molecule has 0 saturated heterocycles. The fourth-order valence-corrected chi connectivity index (χ4v) is 0.599. The van der Waals surface area contributed by atoms with E-state index < -0.39 is 0 Å². The van der Waals surface area contributed by atoms with Crippen molar-refractivity contribution in [3.8, 4) is 5.92 Å². The van der Waals surface area contributed by atoms with Crippen LogP contribution in [-0.4, -0.2) is 0 Å². The molecule has 46 valence electrons. The molecule has 0 radical (unpaired) electrons. The molecule has 0 N–H and O–H groups in total. The van der Waals surface area contributed by atoms with E-state index in [1.54, 1.807) is 0 Å². The zero-order valence-electron chi connectivity index (χ0n) is 6.70. The van der Waals surface area contributed by atoms with Crippen molar-refractivity contribution in [2.24, 2.45) is 5.92 Å². The van der Waals surface area contributed by atoms with Gasteiger partial charge in [-0.25, -0.2) is 0 Å². The summed E-state index contributed by atoms with van der Waals surface area (Å²) >= 11 is 0. The van der Waals surface area contributed by atoms with Crippen molar-refractivity contribution in [3.05, 3.63) is 6.42 Å². The Bertz CT molecular complexity index is 79.1. The van der Waals surface area contributed by atoms with Crippen molar-refractivity contribution < 1.29 is 18.9 Å². The van der Waals surface area contributed by atoms with E-state index in [-0.39, 0.29) is 18.9 Å². The first-order valence-electron chi connectivity index (χ1n) is 3.17. The van der Waals surface area contributed by atoms with Crippen LogP contribution < -0.4 is 18.9 Å². The molecule has 0 atom stereocenters. The molecule has 0 amide bonds. The summed E-state index contributed by atoms with van der Waals surface area (Å²) in [4.78, 5) is 0. The average Bonchev–Trinajstić information content (AvgIpc) is 1.66. The number of hydrogen-bond acceptors (Lipinski definition) is 0. The van der Waals surface area contributed by atoms with E-state index in [9.17, 15) is 0 Å². The van der Waals surface area contributed by atoms with Gasteiger partial charge in [-0.3, -0.25) is 0 Å². The molecule has 0 nitrogen and oxygen atoms in total. The monoisotopic (exact) mass is 116 g/mol. The fraction of sp³-hybridized carbons (Fsp3) is 0.750. The first-order valence-corrected chi connectivity index (χ1v) is 3.17. The van der Waals surface area contributed by atoms with Gasteiger partial charge >= 0.3 is 18.9 Å². The van der Waals surface area contributed by atoms with Gasteiger partial charge in [0.15, 0.2) is 0 Å². The Balaban J connectivity index is 0. The molecular weight excluding hydrogens is 103 g/mol. The zero-order valence-corrected chi connectivity index (χ0v) is 6.70. The summed E-state index contributed by atoms with van der Waals surface area (Å²) in [5.41, 5.74) is 0. The Hall–Kier alpha value is 0.157. The SMILES string of the molecule is [C-]#CCCCC(C)C.[Li+]. The van der Waals surface area contributed by atoms with Crippen LogP contribution in [0.4, 0.5) is 0 Å². The minimum Gasteiger partial charge on any atom is -0.694 e. The second-order valence-corrected chi connectivity index (χ2v) is 2.46. The molecular formula is C8H13Li. The first kappa shape index (κ1) is 11.9. The largest absolute Gasteiger partial charge is 1.00 e. The molecule has 9 heavy (non-hydrogen) atoms. The van der Waals surface area contributed by atoms with Crippen LogP contribution in [0.1, 0.15) is 33.1 Å². The molecule has 0 aliphatic rings.